The van der Waals surface area contributed by atoms with Gasteiger partial charge >= 0.3 is 0 Å². The van der Waals surface area contributed by atoms with Crippen LogP contribution in [-0.4, -0.2) is 36.1 Å². The van der Waals surface area contributed by atoms with Crippen molar-refractivity contribution in [1.29, 1.82) is 0 Å². The number of aromatic amines is 1. The molecule has 0 aliphatic heterocycles. The van der Waals surface area contributed by atoms with E-state index < -0.39 is 0 Å². The minimum Gasteiger partial charge on any atom is -0.356 e. The summed E-state index contributed by atoms with van der Waals surface area (Å²) in [5.41, 5.74) is 3.00. The topological polar surface area (TPSA) is 65.1 Å². The molecule has 0 atom stereocenters. The maximum Gasteiger partial charge on any atom is 0.191 e. The molecule has 6 heteroatoms. The number of H-pyrrole nitrogens is 1. The van der Waals surface area contributed by atoms with Gasteiger partial charge in [0, 0.05) is 26.6 Å². The van der Waals surface area contributed by atoms with Crippen molar-refractivity contribution in [1.82, 2.24) is 20.6 Å². The molecule has 0 radical (unpaired) electrons. The molecule has 0 spiro atoms. The highest BCUT2D eigenvalue weighted by Gasteiger charge is 2.03. The number of guanidine groups is 1. The zero-order valence-electron chi connectivity index (χ0n) is 14.2. The van der Waals surface area contributed by atoms with E-state index >= 15 is 0 Å². The van der Waals surface area contributed by atoms with Crippen LogP contribution in [0.2, 0.25) is 0 Å². The second-order valence-corrected chi connectivity index (χ2v) is 5.76. The summed E-state index contributed by atoms with van der Waals surface area (Å²) in [5.74, 6) is 1.47. The smallest absolute Gasteiger partial charge is 0.191 e. The molecule has 0 amide bonds. The second kappa shape index (κ2) is 8.28. The largest absolute Gasteiger partial charge is 0.356 e. The van der Waals surface area contributed by atoms with Crippen molar-refractivity contribution in [2.75, 3.05) is 20.1 Å². The molecule has 0 fully saturated rings. The normalized spacial score (nSPS) is 11.7. The Balaban J connectivity index is 1.43. The van der Waals surface area contributed by atoms with E-state index in [9.17, 15) is 4.39 Å². The average Bonchev–Trinajstić information content (AvgIpc) is 3.03. The van der Waals surface area contributed by atoms with Crippen molar-refractivity contribution in [2.45, 2.75) is 12.8 Å². The molecule has 0 bridgehead atoms. The van der Waals surface area contributed by atoms with Crippen LogP contribution in [0, 0.1) is 5.82 Å². The molecule has 3 N–H and O–H groups in total. The lowest BCUT2D eigenvalue weighted by molar-refractivity contribution is 0.625. The number of aliphatic imine (C=N–C) groups is 1. The van der Waals surface area contributed by atoms with Crippen molar-refractivity contribution in [2.24, 2.45) is 4.99 Å². The molecule has 2 aromatic carbocycles. The molecule has 1 aromatic heterocycles. The zero-order chi connectivity index (χ0) is 17.5. The van der Waals surface area contributed by atoms with E-state index in [1.165, 1.54) is 6.07 Å². The highest BCUT2D eigenvalue weighted by atomic mass is 19.1. The number of hydrogen-bond acceptors (Lipinski definition) is 2. The van der Waals surface area contributed by atoms with Crippen LogP contribution in [0.3, 0.4) is 0 Å². The highest BCUT2D eigenvalue weighted by molar-refractivity contribution is 5.79. The van der Waals surface area contributed by atoms with E-state index in [0.717, 1.165) is 47.8 Å². The Morgan fingerprint density at radius 2 is 1.88 bits per heavy atom. The van der Waals surface area contributed by atoms with Gasteiger partial charge in [-0.2, -0.15) is 0 Å². The SMILES string of the molecule is CN=C(NCCc1cccc(F)c1)NCCc1nc2ccccc2[nH]1. The molecule has 0 aliphatic rings. The summed E-state index contributed by atoms with van der Waals surface area (Å²) in [6.45, 7) is 1.41. The molecule has 0 saturated heterocycles. The lowest BCUT2D eigenvalue weighted by Gasteiger charge is -2.11. The van der Waals surface area contributed by atoms with Crippen LogP contribution < -0.4 is 10.6 Å². The Bertz CT molecular complexity index is 823. The fraction of sp³-hybridized carbons (Fsp3) is 0.263. The van der Waals surface area contributed by atoms with Gasteiger partial charge < -0.3 is 15.6 Å². The fourth-order valence-electron chi connectivity index (χ4n) is 2.66. The Labute approximate surface area is 146 Å². The van der Waals surface area contributed by atoms with Gasteiger partial charge in [-0.25, -0.2) is 9.37 Å². The maximum atomic E-state index is 13.2. The van der Waals surface area contributed by atoms with Crippen molar-refractivity contribution in [3.63, 3.8) is 0 Å². The van der Waals surface area contributed by atoms with E-state index in [4.69, 9.17) is 0 Å². The summed E-state index contributed by atoms with van der Waals surface area (Å²) in [6, 6.07) is 14.6. The van der Waals surface area contributed by atoms with Crippen LogP contribution in [-0.2, 0) is 12.8 Å². The third-order valence-electron chi connectivity index (χ3n) is 3.91. The van der Waals surface area contributed by atoms with Gasteiger partial charge in [-0.3, -0.25) is 4.99 Å². The predicted molar refractivity (Wildman–Crippen MR) is 99.3 cm³/mol. The van der Waals surface area contributed by atoms with Gasteiger partial charge in [-0.05, 0) is 36.2 Å². The van der Waals surface area contributed by atoms with Crippen LogP contribution in [0.4, 0.5) is 4.39 Å². The van der Waals surface area contributed by atoms with Crippen LogP contribution in [0.1, 0.15) is 11.4 Å². The first-order valence-corrected chi connectivity index (χ1v) is 8.37. The van der Waals surface area contributed by atoms with Crippen LogP contribution in [0.15, 0.2) is 53.5 Å². The standard InChI is InChI=1S/C19H22FN5/c1-21-19(22-11-9-14-5-4-6-15(20)13-14)23-12-10-18-24-16-7-2-3-8-17(16)25-18/h2-8,13H,9-12H2,1H3,(H,24,25)(H2,21,22,23). The van der Waals surface area contributed by atoms with Crippen molar-refractivity contribution in [3.8, 4) is 0 Å². The van der Waals surface area contributed by atoms with Gasteiger partial charge in [0.15, 0.2) is 5.96 Å². The van der Waals surface area contributed by atoms with Gasteiger partial charge in [-0.1, -0.05) is 24.3 Å². The van der Waals surface area contributed by atoms with Gasteiger partial charge in [0.1, 0.15) is 11.6 Å². The summed E-state index contributed by atoms with van der Waals surface area (Å²) in [7, 11) is 1.73. The van der Waals surface area contributed by atoms with Gasteiger partial charge in [0.2, 0.25) is 0 Å². The van der Waals surface area contributed by atoms with E-state index in [1.807, 2.05) is 30.3 Å². The first kappa shape index (κ1) is 17.0. The maximum absolute atomic E-state index is 13.2. The Kier molecular flexibility index (Phi) is 5.61. The molecule has 0 unspecified atom stereocenters. The third-order valence-corrected chi connectivity index (χ3v) is 3.91. The summed E-state index contributed by atoms with van der Waals surface area (Å²) >= 11 is 0. The van der Waals surface area contributed by atoms with E-state index in [0.29, 0.717) is 6.54 Å². The number of nitrogens with zero attached hydrogens (tertiary/aromatic N) is 2. The number of para-hydroxylation sites is 2. The molecule has 0 saturated carbocycles. The average molecular weight is 339 g/mol. The van der Waals surface area contributed by atoms with Crippen molar-refractivity contribution in [3.05, 3.63) is 65.7 Å². The van der Waals surface area contributed by atoms with E-state index in [-0.39, 0.29) is 5.82 Å². The second-order valence-electron chi connectivity index (χ2n) is 5.76. The summed E-state index contributed by atoms with van der Waals surface area (Å²) in [4.78, 5) is 12.1. The summed E-state index contributed by atoms with van der Waals surface area (Å²) < 4.78 is 13.2. The molecule has 1 heterocycles. The van der Waals surface area contributed by atoms with E-state index in [2.05, 4.69) is 25.6 Å². The minimum atomic E-state index is -0.203. The van der Waals surface area contributed by atoms with Crippen LogP contribution in [0.25, 0.3) is 11.0 Å². The molecule has 0 aliphatic carbocycles. The first-order valence-electron chi connectivity index (χ1n) is 8.37. The third kappa shape index (κ3) is 4.79. The van der Waals surface area contributed by atoms with Crippen LogP contribution >= 0.6 is 0 Å². The molecule has 3 rings (SSSR count). The number of rotatable bonds is 6. The quantitative estimate of drug-likeness (QED) is 0.478. The number of hydrogen-bond donors (Lipinski definition) is 3. The highest BCUT2D eigenvalue weighted by Crippen LogP contribution is 2.10. The minimum absolute atomic E-state index is 0.203. The number of benzene rings is 2. The number of imidazole rings is 1. The number of fused-ring (bicyclic) bond motifs is 1. The molecular formula is C19H22FN5. The lowest BCUT2D eigenvalue weighted by Crippen LogP contribution is -2.39. The summed E-state index contributed by atoms with van der Waals surface area (Å²) in [5, 5.41) is 6.50. The zero-order valence-corrected chi connectivity index (χ0v) is 14.2. The summed E-state index contributed by atoms with van der Waals surface area (Å²) in [6.07, 6.45) is 1.52. The first-order chi connectivity index (χ1) is 12.2. The Morgan fingerprint density at radius 1 is 1.08 bits per heavy atom. The number of nitrogens with one attached hydrogen (secondary N) is 3. The van der Waals surface area contributed by atoms with Crippen LogP contribution in [0.5, 0.6) is 0 Å². The monoisotopic (exact) mass is 339 g/mol. The number of halogens is 1. The predicted octanol–water partition coefficient (Wildman–Crippen LogP) is 2.65. The van der Waals surface area contributed by atoms with Gasteiger partial charge in [0.05, 0.1) is 11.0 Å². The number of aromatic nitrogens is 2. The van der Waals surface area contributed by atoms with Gasteiger partial charge in [-0.15, -0.1) is 0 Å². The Morgan fingerprint density at radius 3 is 2.64 bits per heavy atom. The lowest BCUT2D eigenvalue weighted by atomic mass is 10.1. The molecule has 3 aromatic rings. The van der Waals surface area contributed by atoms with E-state index in [1.54, 1.807) is 19.2 Å². The van der Waals surface area contributed by atoms with Gasteiger partial charge in [0.25, 0.3) is 0 Å². The van der Waals surface area contributed by atoms with Crippen molar-refractivity contribution >= 4 is 17.0 Å². The Hall–Kier alpha value is -2.89. The molecule has 5 nitrogen and oxygen atoms in total. The molecular weight excluding hydrogens is 317 g/mol. The molecule has 130 valence electrons. The fourth-order valence-corrected chi connectivity index (χ4v) is 2.66. The van der Waals surface area contributed by atoms with Crippen molar-refractivity contribution < 1.29 is 4.39 Å². The molecule has 25 heavy (non-hydrogen) atoms.